The van der Waals surface area contributed by atoms with Gasteiger partial charge in [0.15, 0.2) is 0 Å². The Bertz CT molecular complexity index is 1090. The summed E-state index contributed by atoms with van der Waals surface area (Å²) in [6.07, 6.45) is 7.16. The number of Topliss-reactive ketones (excluding diaryl/α,β-unsaturated/α-hetero) is 1. The van der Waals surface area contributed by atoms with E-state index in [1.807, 2.05) is 6.07 Å². The largest absolute Gasteiger partial charge is 0.311 e. The van der Waals surface area contributed by atoms with Crippen LogP contribution in [0.1, 0.15) is 68.9 Å². The van der Waals surface area contributed by atoms with E-state index in [-0.39, 0.29) is 34.8 Å². The molecule has 3 unspecified atom stereocenters. The molecule has 5 rings (SSSR count). The van der Waals surface area contributed by atoms with Crippen molar-refractivity contribution in [3.05, 3.63) is 59.3 Å². The summed E-state index contributed by atoms with van der Waals surface area (Å²) in [5.41, 5.74) is 1.71. The molecular weight excluding hydrogens is 422 g/mol. The summed E-state index contributed by atoms with van der Waals surface area (Å²) >= 11 is 0. The molecule has 1 aromatic heterocycles. The van der Waals surface area contributed by atoms with Gasteiger partial charge in [0, 0.05) is 30.5 Å². The number of aromatic nitrogens is 1. The number of rotatable bonds is 5. The fourth-order valence-electron chi connectivity index (χ4n) is 7.10. The molecule has 6 heteroatoms. The highest BCUT2D eigenvalue weighted by Gasteiger charge is 2.58. The summed E-state index contributed by atoms with van der Waals surface area (Å²) in [4.78, 5) is 29.4. The van der Waals surface area contributed by atoms with Gasteiger partial charge in [-0.25, -0.2) is 13.8 Å². The molecule has 0 aliphatic heterocycles. The van der Waals surface area contributed by atoms with E-state index in [0.29, 0.717) is 36.9 Å². The van der Waals surface area contributed by atoms with E-state index in [9.17, 15) is 18.4 Å². The molecule has 33 heavy (non-hydrogen) atoms. The number of benzene rings is 1. The number of anilines is 1. The number of nitrogens with zero attached hydrogens (tertiary/aromatic N) is 1. The van der Waals surface area contributed by atoms with Crippen molar-refractivity contribution in [2.24, 2.45) is 23.2 Å². The van der Waals surface area contributed by atoms with Crippen LogP contribution in [-0.2, 0) is 16.0 Å². The smallest absolute Gasteiger partial charge is 0.225 e. The quantitative estimate of drug-likeness (QED) is 0.622. The van der Waals surface area contributed by atoms with Crippen LogP contribution in [0.25, 0.3) is 0 Å². The van der Waals surface area contributed by atoms with Crippen molar-refractivity contribution >= 4 is 17.5 Å². The first-order chi connectivity index (χ1) is 15.9. The van der Waals surface area contributed by atoms with Gasteiger partial charge >= 0.3 is 0 Å². The fourth-order valence-corrected chi connectivity index (χ4v) is 7.10. The maximum Gasteiger partial charge on any atom is 0.225 e. The van der Waals surface area contributed by atoms with Crippen molar-refractivity contribution in [3.63, 3.8) is 0 Å². The molecule has 0 spiro atoms. The normalized spacial score (nSPS) is 30.3. The van der Waals surface area contributed by atoms with Crippen LogP contribution in [0.15, 0.2) is 36.5 Å². The van der Waals surface area contributed by atoms with Crippen molar-refractivity contribution in [2.45, 2.75) is 64.2 Å². The second-order valence-electron chi connectivity index (χ2n) is 10.3. The molecule has 4 nitrogen and oxygen atoms in total. The Balaban J connectivity index is 1.27. The maximum atomic E-state index is 14.4. The third kappa shape index (κ3) is 3.98. The summed E-state index contributed by atoms with van der Waals surface area (Å²) in [5, 5.41) is 2.65. The lowest BCUT2D eigenvalue weighted by atomic mass is 9.54. The second kappa shape index (κ2) is 8.62. The van der Waals surface area contributed by atoms with Crippen LogP contribution < -0.4 is 5.32 Å². The highest BCUT2D eigenvalue weighted by Crippen LogP contribution is 2.62. The number of amides is 1. The number of hydrogen-bond donors (Lipinski definition) is 1. The highest BCUT2D eigenvalue weighted by atomic mass is 19.1. The first kappa shape index (κ1) is 22.2. The lowest BCUT2D eigenvalue weighted by Crippen LogP contribution is -2.44. The highest BCUT2D eigenvalue weighted by molar-refractivity contribution is 5.90. The van der Waals surface area contributed by atoms with Gasteiger partial charge in [0.2, 0.25) is 5.91 Å². The summed E-state index contributed by atoms with van der Waals surface area (Å²) in [6, 6.07) is 7.88. The predicted molar refractivity (Wildman–Crippen MR) is 122 cm³/mol. The standard InChI is InChI=1S/C27H30F2N2O2/c1-27-12-10-19-18-5-3-6-22(29)20(18)8-9-21(19)26(27)16(14-23(27)32)4-2-7-25(33)31-24-15-17(28)11-13-30-24/h3,5-6,11,13,15-16,19,21,26H,2,4,7-10,12,14H2,1H3,(H,30,31,33)/t16-,19?,21?,26?,27-/m1/s1. The third-order valence-electron chi connectivity index (χ3n) is 8.53. The lowest BCUT2D eigenvalue weighted by Gasteiger charge is -2.50. The zero-order chi connectivity index (χ0) is 23.2. The Hall–Kier alpha value is -2.63. The van der Waals surface area contributed by atoms with Crippen LogP contribution >= 0.6 is 0 Å². The average molecular weight is 453 g/mol. The number of pyridine rings is 1. The van der Waals surface area contributed by atoms with Gasteiger partial charge in [-0.2, -0.15) is 0 Å². The number of ketones is 1. The predicted octanol–water partition coefficient (Wildman–Crippen LogP) is 5.82. The van der Waals surface area contributed by atoms with Gasteiger partial charge in [-0.15, -0.1) is 0 Å². The number of hydrogen-bond acceptors (Lipinski definition) is 3. The molecule has 0 radical (unpaired) electrons. The minimum Gasteiger partial charge on any atom is -0.311 e. The summed E-state index contributed by atoms with van der Waals surface area (Å²) in [5.74, 6) is 1.09. The molecule has 2 saturated carbocycles. The summed E-state index contributed by atoms with van der Waals surface area (Å²) in [6.45, 7) is 2.14. The van der Waals surface area contributed by atoms with Crippen LogP contribution in [0.2, 0.25) is 0 Å². The zero-order valence-electron chi connectivity index (χ0n) is 18.9. The number of carbonyl (C=O) groups excluding carboxylic acids is 2. The Kier molecular flexibility index (Phi) is 5.79. The summed E-state index contributed by atoms with van der Waals surface area (Å²) in [7, 11) is 0. The van der Waals surface area contributed by atoms with Gasteiger partial charge in [-0.3, -0.25) is 9.59 Å². The summed E-state index contributed by atoms with van der Waals surface area (Å²) < 4.78 is 27.7. The van der Waals surface area contributed by atoms with E-state index in [1.165, 1.54) is 18.3 Å². The molecule has 2 aromatic rings. The van der Waals surface area contributed by atoms with Crippen molar-refractivity contribution in [1.29, 1.82) is 0 Å². The molecule has 2 fully saturated rings. The minimum absolute atomic E-state index is 0.0999. The van der Waals surface area contributed by atoms with Gasteiger partial charge in [0.05, 0.1) is 0 Å². The molecule has 1 aromatic carbocycles. The van der Waals surface area contributed by atoms with E-state index in [4.69, 9.17) is 0 Å². The zero-order valence-corrected chi connectivity index (χ0v) is 18.9. The molecule has 1 N–H and O–H groups in total. The van der Waals surface area contributed by atoms with Crippen LogP contribution in [0.5, 0.6) is 0 Å². The second-order valence-corrected chi connectivity index (χ2v) is 10.3. The molecule has 3 aliphatic rings. The molecule has 5 atom stereocenters. The SMILES string of the molecule is C[C@]12CCC3c4cccc(F)c4CCC3C1[C@H](CCCC(=O)Nc1cc(F)ccn1)CC2=O. The molecule has 1 heterocycles. The Morgan fingerprint density at radius 1 is 1.24 bits per heavy atom. The first-order valence-electron chi connectivity index (χ1n) is 12.1. The van der Waals surface area contributed by atoms with Gasteiger partial charge in [0.25, 0.3) is 0 Å². The maximum absolute atomic E-state index is 14.4. The van der Waals surface area contributed by atoms with Crippen molar-refractivity contribution in [1.82, 2.24) is 4.98 Å². The molecule has 0 saturated heterocycles. The Labute approximate surface area is 193 Å². The van der Waals surface area contributed by atoms with Gasteiger partial charge in [-0.1, -0.05) is 19.1 Å². The van der Waals surface area contributed by atoms with Crippen molar-refractivity contribution < 1.29 is 18.4 Å². The van der Waals surface area contributed by atoms with E-state index >= 15 is 0 Å². The molecule has 1 amide bonds. The molecule has 0 bridgehead atoms. The van der Waals surface area contributed by atoms with Crippen molar-refractivity contribution in [2.75, 3.05) is 5.32 Å². The van der Waals surface area contributed by atoms with E-state index in [0.717, 1.165) is 43.2 Å². The van der Waals surface area contributed by atoms with Crippen LogP contribution in [0.4, 0.5) is 14.6 Å². The third-order valence-corrected chi connectivity index (χ3v) is 8.53. The Morgan fingerprint density at radius 3 is 2.91 bits per heavy atom. The monoisotopic (exact) mass is 452 g/mol. The topological polar surface area (TPSA) is 59.1 Å². The minimum atomic E-state index is -0.440. The van der Waals surface area contributed by atoms with E-state index in [2.05, 4.69) is 23.3 Å². The molecule has 174 valence electrons. The number of fused-ring (bicyclic) bond motifs is 5. The lowest BCUT2D eigenvalue weighted by molar-refractivity contribution is -0.129. The van der Waals surface area contributed by atoms with Crippen LogP contribution in [0.3, 0.4) is 0 Å². The fraction of sp³-hybridized carbons (Fsp3) is 0.519. The van der Waals surface area contributed by atoms with Crippen LogP contribution in [-0.4, -0.2) is 16.7 Å². The number of halogens is 2. The Morgan fingerprint density at radius 2 is 2.09 bits per heavy atom. The number of carbonyl (C=O) groups is 2. The van der Waals surface area contributed by atoms with E-state index in [1.54, 1.807) is 6.07 Å². The molecule has 3 aliphatic carbocycles. The molecular formula is C27H30F2N2O2. The van der Waals surface area contributed by atoms with E-state index < -0.39 is 5.82 Å². The first-order valence-corrected chi connectivity index (χ1v) is 12.1. The average Bonchev–Trinajstić information content (AvgIpc) is 3.04. The van der Waals surface area contributed by atoms with Gasteiger partial charge in [0.1, 0.15) is 23.2 Å². The number of nitrogens with one attached hydrogen (secondary N) is 1. The van der Waals surface area contributed by atoms with Crippen LogP contribution in [0, 0.1) is 34.8 Å². The van der Waals surface area contributed by atoms with Gasteiger partial charge in [-0.05, 0) is 85.5 Å². The van der Waals surface area contributed by atoms with Gasteiger partial charge < -0.3 is 5.32 Å². The van der Waals surface area contributed by atoms with Crippen molar-refractivity contribution in [3.8, 4) is 0 Å².